The molecule has 0 fully saturated rings. The number of anilines is 1. The molecule has 0 spiro atoms. The van der Waals surface area contributed by atoms with Gasteiger partial charge in [0.15, 0.2) is 11.5 Å². The van der Waals surface area contributed by atoms with Crippen molar-refractivity contribution < 1.29 is 19.0 Å². The maximum Gasteiger partial charge on any atom is 0.311 e. The number of benzene rings is 1. The van der Waals surface area contributed by atoms with Crippen LogP contribution in [0.4, 0.5) is 5.13 Å². The van der Waals surface area contributed by atoms with Crippen LogP contribution in [-0.2, 0) is 16.0 Å². The van der Waals surface area contributed by atoms with E-state index in [-0.39, 0.29) is 12.4 Å². The molecule has 0 radical (unpaired) electrons. The SMILES string of the molecule is CCCCOc1c(Br)cc(C=NNc2nc(CC(=O)OCC)cs2)cc1OCC. The molecule has 2 rings (SSSR count). The Bertz CT molecular complexity index is 826. The average Bonchev–Trinajstić information content (AvgIpc) is 3.11. The zero-order valence-electron chi connectivity index (χ0n) is 16.9. The van der Waals surface area contributed by atoms with Crippen LogP contribution in [0.1, 0.15) is 44.9 Å². The van der Waals surface area contributed by atoms with Gasteiger partial charge in [-0.25, -0.2) is 4.98 Å². The van der Waals surface area contributed by atoms with Gasteiger partial charge < -0.3 is 14.2 Å². The van der Waals surface area contributed by atoms with Crippen LogP contribution in [0.5, 0.6) is 11.5 Å². The number of esters is 1. The minimum atomic E-state index is -0.289. The molecule has 0 saturated carbocycles. The number of ether oxygens (including phenoxy) is 3. The lowest BCUT2D eigenvalue weighted by molar-refractivity contribution is -0.142. The van der Waals surface area contributed by atoms with Gasteiger partial charge in [0, 0.05) is 5.38 Å². The topological polar surface area (TPSA) is 82.0 Å². The number of aromatic nitrogens is 1. The summed E-state index contributed by atoms with van der Waals surface area (Å²) in [5.74, 6) is 1.08. The van der Waals surface area contributed by atoms with E-state index < -0.39 is 0 Å². The molecule has 0 atom stereocenters. The average molecular weight is 484 g/mol. The second-order valence-corrected chi connectivity index (χ2v) is 7.67. The number of hydrazone groups is 1. The summed E-state index contributed by atoms with van der Waals surface area (Å²) in [6, 6.07) is 3.80. The van der Waals surface area contributed by atoms with Crippen molar-refractivity contribution in [1.82, 2.24) is 4.98 Å². The Balaban J connectivity index is 2.02. The Hall–Kier alpha value is -2.13. The normalized spacial score (nSPS) is 10.9. The molecule has 0 aliphatic carbocycles. The highest BCUT2D eigenvalue weighted by atomic mass is 79.9. The van der Waals surface area contributed by atoms with E-state index in [4.69, 9.17) is 14.2 Å². The largest absolute Gasteiger partial charge is 0.490 e. The van der Waals surface area contributed by atoms with Gasteiger partial charge >= 0.3 is 5.97 Å². The van der Waals surface area contributed by atoms with Crippen molar-refractivity contribution in [3.63, 3.8) is 0 Å². The van der Waals surface area contributed by atoms with E-state index in [9.17, 15) is 4.79 Å². The van der Waals surface area contributed by atoms with Gasteiger partial charge in [-0.15, -0.1) is 11.3 Å². The van der Waals surface area contributed by atoms with Crippen molar-refractivity contribution in [2.24, 2.45) is 5.10 Å². The smallest absolute Gasteiger partial charge is 0.311 e. The first kappa shape index (κ1) is 23.2. The number of hydrogen-bond acceptors (Lipinski definition) is 8. The number of hydrogen-bond donors (Lipinski definition) is 1. The van der Waals surface area contributed by atoms with Gasteiger partial charge in [0.25, 0.3) is 0 Å². The summed E-state index contributed by atoms with van der Waals surface area (Å²) in [6.45, 7) is 7.37. The number of thiazole rings is 1. The first-order valence-electron chi connectivity index (χ1n) is 9.55. The Morgan fingerprint density at radius 1 is 1.28 bits per heavy atom. The predicted molar refractivity (Wildman–Crippen MR) is 119 cm³/mol. The summed E-state index contributed by atoms with van der Waals surface area (Å²) in [7, 11) is 0. The molecular formula is C20H26BrN3O4S. The fourth-order valence-corrected chi connectivity index (χ4v) is 3.58. The van der Waals surface area contributed by atoms with Gasteiger partial charge in [0.1, 0.15) is 0 Å². The van der Waals surface area contributed by atoms with Crippen LogP contribution in [0.15, 0.2) is 27.1 Å². The van der Waals surface area contributed by atoms with Crippen molar-refractivity contribution in [2.45, 2.75) is 40.0 Å². The lowest BCUT2D eigenvalue weighted by atomic mass is 10.2. The van der Waals surface area contributed by atoms with Crippen molar-refractivity contribution in [3.05, 3.63) is 33.2 Å². The molecule has 1 aromatic heterocycles. The van der Waals surface area contributed by atoms with Crippen molar-refractivity contribution >= 4 is 44.6 Å². The van der Waals surface area contributed by atoms with Gasteiger partial charge in [0.05, 0.1) is 42.6 Å². The van der Waals surface area contributed by atoms with E-state index in [1.54, 1.807) is 18.5 Å². The third-order valence-corrected chi connectivity index (χ3v) is 5.02. The van der Waals surface area contributed by atoms with Crippen molar-refractivity contribution in [2.75, 3.05) is 25.2 Å². The minimum absolute atomic E-state index is 0.153. The van der Waals surface area contributed by atoms with Crippen LogP contribution in [0.3, 0.4) is 0 Å². The zero-order chi connectivity index (χ0) is 21.1. The first-order chi connectivity index (χ1) is 14.1. The number of rotatable bonds is 12. The van der Waals surface area contributed by atoms with E-state index in [0.29, 0.717) is 42.1 Å². The van der Waals surface area contributed by atoms with Gasteiger partial charge in [-0.1, -0.05) is 13.3 Å². The Morgan fingerprint density at radius 2 is 2.10 bits per heavy atom. The summed E-state index contributed by atoms with van der Waals surface area (Å²) < 4.78 is 17.3. The second-order valence-electron chi connectivity index (χ2n) is 5.96. The fraction of sp³-hybridized carbons (Fsp3) is 0.450. The van der Waals surface area contributed by atoms with Gasteiger partial charge in [-0.05, 0) is 53.9 Å². The number of nitrogens with zero attached hydrogens (tertiary/aromatic N) is 2. The Kier molecular flexibility index (Phi) is 9.93. The lowest BCUT2D eigenvalue weighted by Gasteiger charge is -2.14. The molecule has 9 heteroatoms. The highest BCUT2D eigenvalue weighted by Gasteiger charge is 2.12. The molecule has 0 unspecified atom stereocenters. The molecule has 0 aliphatic heterocycles. The molecular weight excluding hydrogens is 458 g/mol. The first-order valence-corrected chi connectivity index (χ1v) is 11.2. The monoisotopic (exact) mass is 483 g/mol. The van der Waals surface area contributed by atoms with E-state index >= 15 is 0 Å². The molecule has 158 valence electrons. The molecule has 7 nitrogen and oxygen atoms in total. The van der Waals surface area contributed by atoms with Crippen molar-refractivity contribution in [1.29, 1.82) is 0 Å². The van der Waals surface area contributed by atoms with Crippen LogP contribution in [0, 0.1) is 0 Å². The van der Waals surface area contributed by atoms with Gasteiger partial charge in [0.2, 0.25) is 5.13 Å². The number of carbonyl (C=O) groups excluding carboxylic acids is 1. The minimum Gasteiger partial charge on any atom is -0.490 e. The quantitative estimate of drug-likeness (QED) is 0.197. The maximum atomic E-state index is 11.5. The molecule has 1 aromatic carbocycles. The number of halogens is 1. The lowest BCUT2D eigenvalue weighted by Crippen LogP contribution is -2.07. The third-order valence-electron chi connectivity index (χ3n) is 3.63. The van der Waals surface area contributed by atoms with Crippen LogP contribution < -0.4 is 14.9 Å². The molecule has 0 amide bonds. The Morgan fingerprint density at radius 3 is 2.83 bits per heavy atom. The van der Waals surface area contributed by atoms with Gasteiger partial charge in [-0.2, -0.15) is 5.10 Å². The van der Waals surface area contributed by atoms with E-state index in [0.717, 1.165) is 22.9 Å². The van der Waals surface area contributed by atoms with Crippen LogP contribution in [0.2, 0.25) is 0 Å². The van der Waals surface area contributed by atoms with Crippen molar-refractivity contribution in [3.8, 4) is 11.5 Å². The third kappa shape index (κ3) is 7.66. The highest BCUT2D eigenvalue weighted by Crippen LogP contribution is 2.36. The molecule has 0 aliphatic rings. The summed E-state index contributed by atoms with van der Waals surface area (Å²) >= 11 is 4.93. The van der Waals surface area contributed by atoms with E-state index in [1.165, 1.54) is 11.3 Å². The zero-order valence-corrected chi connectivity index (χ0v) is 19.3. The molecule has 0 saturated heterocycles. The summed E-state index contributed by atoms with van der Waals surface area (Å²) in [4.78, 5) is 15.8. The molecule has 1 N–H and O–H groups in total. The van der Waals surface area contributed by atoms with Crippen LogP contribution in [0.25, 0.3) is 0 Å². The van der Waals surface area contributed by atoms with E-state index in [1.807, 2.05) is 19.1 Å². The van der Waals surface area contributed by atoms with Gasteiger partial charge in [-0.3, -0.25) is 10.2 Å². The summed E-state index contributed by atoms with van der Waals surface area (Å²) in [6.07, 6.45) is 3.88. The maximum absolute atomic E-state index is 11.5. The Labute approximate surface area is 183 Å². The molecule has 2 aromatic rings. The number of carbonyl (C=O) groups is 1. The van der Waals surface area contributed by atoms with Crippen LogP contribution in [-0.4, -0.2) is 37.0 Å². The van der Waals surface area contributed by atoms with Crippen LogP contribution >= 0.6 is 27.3 Å². The highest BCUT2D eigenvalue weighted by molar-refractivity contribution is 9.10. The molecule has 29 heavy (non-hydrogen) atoms. The fourth-order valence-electron chi connectivity index (χ4n) is 2.35. The summed E-state index contributed by atoms with van der Waals surface area (Å²) in [5, 5.41) is 6.64. The molecule has 0 bridgehead atoms. The number of unbranched alkanes of at least 4 members (excludes halogenated alkanes) is 1. The molecule has 1 heterocycles. The number of nitrogens with one attached hydrogen (secondary N) is 1. The summed E-state index contributed by atoms with van der Waals surface area (Å²) in [5.41, 5.74) is 4.38. The standard InChI is InChI=1S/C20H26BrN3O4S/c1-4-7-8-28-19-16(21)9-14(10-17(19)26-5-2)12-22-24-20-23-15(13-29-20)11-18(25)27-6-3/h9-10,12-13H,4-8,11H2,1-3H3,(H,23,24). The predicted octanol–water partition coefficient (Wildman–Crippen LogP) is 5.03. The second kappa shape index (κ2) is 12.4. The van der Waals surface area contributed by atoms with E-state index in [2.05, 4.69) is 38.4 Å².